The Labute approximate surface area is 164 Å². The van der Waals surface area contributed by atoms with Gasteiger partial charge in [0.2, 0.25) is 0 Å². The highest BCUT2D eigenvalue weighted by molar-refractivity contribution is 7.71. The quantitative estimate of drug-likeness (QED) is 0.331. The molecule has 1 aromatic heterocycles. The number of methoxy groups -OCH3 is 2. The van der Waals surface area contributed by atoms with Gasteiger partial charge >= 0.3 is 5.97 Å². The minimum atomic E-state index is -0.672. The van der Waals surface area contributed by atoms with Crippen LogP contribution >= 0.6 is 23.8 Å². The van der Waals surface area contributed by atoms with Crippen LogP contribution in [0.15, 0.2) is 23.0 Å². The molecule has 0 fully saturated rings. The molecule has 0 aliphatic heterocycles. The third-order valence-corrected chi connectivity index (χ3v) is 3.80. The molecule has 2 aromatic rings. The Morgan fingerprint density at radius 3 is 2.67 bits per heavy atom. The molecular weight excluding hydrogens is 392 g/mol. The van der Waals surface area contributed by atoms with Crippen molar-refractivity contribution in [1.82, 2.24) is 9.97 Å². The molecule has 0 amide bonds. The summed E-state index contributed by atoms with van der Waals surface area (Å²) < 4.78 is 15.5. The first kappa shape index (κ1) is 20.3. The number of terminal acetylenes is 1. The van der Waals surface area contributed by atoms with Crippen LogP contribution < -0.4 is 15.0 Å². The molecule has 0 saturated carbocycles. The van der Waals surface area contributed by atoms with Crippen molar-refractivity contribution in [3.8, 4) is 23.8 Å². The van der Waals surface area contributed by atoms with Gasteiger partial charge in [0.15, 0.2) is 16.3 Å². The third kappa shape index (κ3) is 5.00. The maximum atomic E-state index is 12.2. The fourth-order valence-corrected chi connectivity index (χ4v) is 2.70. The SMILES string of the molecule is C#CCOc1c(Cl)cc(/C=C(\C(=O)OC)c2cc(=O)[nH]c(=S)[nH]2)cc1OC. The summed E-state index contributed by atoms with van der Waals surface area (Å²) in [5, 5.41) is 0.235. The van der Waals surface area contributed by atoms with E-state index in [1.54, 1.807) is 12.1 Å². The first-order valence-electron chi connectivity index (χ1n) is 7.47. The Bertz CT molecular complexity index is 1020. The summed E-state index contributed by atoms with van der Waals surface area (Å²) in [5.74, 6) is 2.28. The number of aromatic amines is 2. The number of nitrogens with one attached hydrogen (secondary N) is 2. The second kappa shape index (κ2) is 9.07. The van der Waals surface area contributed by atoms with Crippen molar-refractivity contribution >= 4 is 41.4 Å². The maximum absolute atomic E-state index is 12.2. The predicted octanol–water partition coefficient (Wildman–Crippen LogP) is 2.82. The first-order chi connectivity index (χ1) is 12.9. The van der Waals surface area contributed by atoms with Gasteiger partial charge in [0.25, 0.3) is 5.56 Å². The Morgan fingerprint density at radius 1 is 1.33 bits per heavy atom. The van der Waals surface area contributed by atoms with E-state index < -0.39 is 11.5 Å². The molecule has 0 spiro atoms. The van der Waals surface area contributed by atoms with E-state index in [9.17, 15) is 9.59 Å². The molecule has 0 bridgehead atoms. The number of hydrogen-bond donors (Lipinski definition) is 2. The summed E-state index contributed by atoms with van der Waals surface area (Å²) in [6.07, 6.45) is 6.67. The standard InChI is InChI=1S/C18H15ClN2O5S/c1-4-5-26-16-12(19)7-10(8-14(16)24-2)6-11(17(23)25-3)13-9-15(22)21-18(27)20-13/h1,6-9H,5H2,2-3H3,(H2,20,21,22,27)/b11-6-. The highest BCUT2D eigenvalue weighted by Crippen LogP contribution is 2.37. The molecule has 1 heterocycles. The van der Waals surface area contributed by atoms with Gasteiger partial charge in [-0.2, -0.15) is 0 Å². The average molecular weight is 407 g/mol. The number of ether oxygens (including phenoxy) is 3. The number of hydrogen-bond acceptors (Lipinski definition) is 6. The molecule has 27 heavy (non-hydrogen) atoms. The van der Waals surface area contributed by atoms with E-state index in [1.165, 1.54) is 26.4 Å². The van der Waals surface area contributed by atoms with Crippen LogP contribution in [0.3, 0.4) is 0 Å². The van der Waals surface area contributed by atoms with Gasteiger partial charge in [-0.1, -0.05) is 17.5 Å². The lowest BCUT2D eigenvalue weighted by Gasteiger charge is -2.12. The smallest absolute Gasteiger partial charge is 0.339 e. The summed E-state index contributed by atoms with van der Waals surface area (Å²) >= 11 is 11.2. The Morgan fingerprint density at radius 2 is 2.07 bits per heavy atom. The van der Waals surface area contributed by atoms with Crippen LogP contribution in [0, 0.1) is 17.1 Å². The summed E-state index contributed by atoms with van der Waals surface area (Å²) in [6, 6.07) is 4.35. The van der Waals surface area contributed by atoms with Crippen LogP contribution in [-0.4, -0.2) is 36.8 Å². The van der Waals surface area contributed by atoms with E-state index in [-0.39, 0.29) is 33.4 Å². The highest BCUT2D eigenvalue weighted by atomic mass is 35.5. The Kier molecular flexibility index (Phi) is 6.82. The van der Waals surface area contributed by atoms with Gasteiger partial charge < -0.3 is 19.2 Å². The van der Waals surface area contributed by atoms with E-state index in [0.717, 1.165) is 0 Å². The summed E-state index contributed by atoms with van der Waals surface area (Å²) in [4.78, 5) is 29.0. The fraction of sp³-hybridized carbons (Fsp3) is 0.167. The molecule has 7 nitrogen and oxygen atoms in total. The molecule has 0 saturated heterocycles. The molecule has 2 N–H and O–H groups in total. The molecule has 2 rings (SSSR count). The second-order valence-corrected chi connectivity index (χ2v) is 5.89. The van der Waals surface area contributed by atoms with Gasteiger partial charge in [0, 0.05) is 6.07 Å². The summed E-state index contributed by atoms with van der Waals surface area (Å²) in [6.45, 7) is 0.0159. The first-order valence-corrected chi connectivity index (χ1v) is 8.26. The van der Waals surface area contributed by atoms with Crippen molar-refractivity contribution in [3.05, 3.63) is 49.6 Å². The summed E-state index contributed by atoms with van der Waals surface area (Å²) in [5.41, 5.74) is 0.311. The van der Waals surface area contributed by atoms with Crippen molar-refractivity contribution in [3.63, 3.8) is 0 Å². The molecule has 0 unspecified atom stereocenters. The van der Waals surface area contributed by atoms with Gasteiger partial charge in [0.05, 0.1) is 30.5 Å². The third-order valence-electron chi connectivity index (χ3n) is 3.32. The Hall–Kier alpha value is -3.02. The highest BCUT2D eigenvalue weighted by Gasteiger charge is 2.16. The van der Waals surface area contributed by atoms with Gasteiger partial charge in [-0.15, -0.1) is 6.42 Å². The zero-order chi connectivity index (χ0) is 20.0. The van der Waals surface area contributed by atoms with Crippen LogP contribution in [0.5, 0.6) is 11.5 Å². The fourth-order valence-electron chi connectivity index (χ4n) is 2.21. The molecule has 9 heteroatoms. The van der Waals surface area contributed by atoms with Crippen molar-refractivity contribution in [2.75, 3.05) is 20.8 Å². The zero-order valence-electron chi connectivity index (χ0n) is 14.4. The van der Waals surface area contributed by atoms with E-state index in [4.69, 9.17) is 44.5 Å². The molecule has 0 aliphatic rings. The number of benzene rings is 1. The van der Waals surface area contributed by atoms with Crippen molar-refractivity contribution in [2.24, 2.45) is 0 Å². The van der Waals surface area contributed by atoms with E-state index >= 15 is 0 Å². The van der Waals surface area contributed by atoms with Crippen LogP contribution in [0.2, 0.25) is 5.02 Å². The normalized spacial score (nSPS) is 10.8. The molecular formula is C18H15ClN2O5S. The van der Waals surface area contributed by atoms with Gasteiger partial charge in [0.1, 0.15) is 6.61 Å². The van der Waals surface area contributed by atoms with Gasteiger partial charge in [-0.05, 0) is 36.0 Å². The average Bonchev–Trinajstić information content (AvgIpc) is 2.63. The monoisotopic (exact) mass is 406 g/mol. The number of rotatable bonds is 6. The minimum absolute atomic E-state index is 0.0159. The lowest BCUT2D eigenvalue weighted by molar-refractivity contribution is -0.133. The van der Waals surface area contributed by atoms with Crippen molar-refractivity contribution in [1.29, 1.82) is 0 Å². The van der Waals surface area contributed by atoms with Gasteiger partial charge in [-0.25, -0.2) is 4.79 Å². The van der Waals surface area contributed by atoms with E-state index in [0.29, 0.717) is 11.3 Å². The van der Waals surface area contributed by atoms with Crippen LogP contribution in [0.4, 0.5) is 0 Å². The second-order valence-electron chi connectivity index (χ2n) is 5.08. The molecule has 140 valence electrons. The van der Waals surface area contributed by atoms with Crippen molar-refractivity contribution < 1.29 is 19.0 Å². The number of esters is 1. The predicted molar refractivity (Wildman–Crippen MR) is 104 cm³/mol. The number of carbonyl (C=O) groups excluding carboxylic acids is 1. The van der Waals surface area contributed by atoms with Crippen molar-refractivity contribution in [2.45, 2.75) is 0 Å². The van der Waals surface area contributed by atoms with E-state index in [2.05, 4.69) is 15.9 Å². The lowest BCUT2D eigenvalue weighted by atomic mass is 10.1. The zero-order valence-corrected chi connectivity index (χ0v) is 16.0. The largest absolute Gasteiger partial charge is 0.493 e. The van der Waals surface area contributed by atoms with E-state index in [1.807, 2.05) is 0 Å². The topological polar surface area (TPSA) is 93.4 Å². The number of aromatic nitrogens is 2. The van der Waals surface area contributed by atoms with Crippen LogP contribution in [0.1, 0.15) is 11.3 Å². The minimum Gasteiger partial charge on any atom is -0.493 e. The summed E-state index contributed by atoms with van der Waals surface area (Å²) in [7, 11) is 2.67. The number of carbonyl (C=O) groups is 1. The van der Waals surface area contributed by atoms with Crippen LogP contribution in [-0.2, 0) is 9.53 Å². The maximum Gasteiger partial charge on any atom is 0.339 e. The molecule has 0 aliphatic carbocycles. The Balaban J connectivity index is 2.62. The van der Waals surface area contributed by atoms with Gasteiger partial charge in [-0.3, -0.25) is 9.78 Å². The number of halogens is 1. The lowest BCUT2D eigenvalue weighted by Crippen LogP contribution is -2.12. The number of H-pyrrole nitrogens is 2. The molecule has 0 radical (unpaired) electrons. The molecule has 1 aromatic carbocycles. The molecule has 0 atom stereocenters. The van der Waals surface area contributed by atoms with Crippen LogP contribution in [0.25, 0.3) is 11.6 Å².